The molecule has 28 heavy (non-hydrogen) atoms. The van der Waals surface area contributed by atoms with Crippen molar-refractivity contribution in [2.75, 3.05) is 26.7 Å². The number of carbonyl (C=O) groups is 2. The first kappa shape index (κ1) is 19.8. The zero-order valence-corrected chi connectivity index (χ0v) is 16.0. The van der Waals surface area contributed by atoms with E-state index in [9.17, 15) is 14.0 Å². The molecule has 1 saturated carbocycles. The van der Waals surface area contributed by atoms with E-state index in [1.165, 1.54) is 6.07 Å². The van der Waals surface area contributed by atoms with Crippen LogP contribution < -0.4 is 10.6 Å². The number of carbonyl (C=O) groups excluding carboxylic acids is 2. The van der Waals surface area contributed by atoms with Gasteiger partial charge in [-0.25, -0.2) is 9.18 Å². The molecule has 3 amide bonds. The third kappa shape index (κ3) is 5.06. The lowest BCUT2D eigenvalue weighted by molar-refractivity contribution is -0.128. The van der Waals surface area contributed by atoms with Gasteiger partial charge >= 0.3 is 6.03 Å². The maximum atomic E-state index is 14.0. The van der Waals surface area contributed by atoms with E-state index in [4.69, 9.17) is 0 Å². The van der Waals surface area contributed by atoms with Crippen LogP contribution in [0.5, 0.6) is 0 Å². The summed E-state index contributed by atoms with van der Waals surface area (Å²) < 4.78 is 14.0. The molecule has 3 rings (SSSR count). The number of nitrogens with zero attached hydrogens (tertiary/aromatic N) is 2. The molecule has 7 heteroatoms. The first-order chi connectivity index (χ1) is 13.5. The van der Waals surface area contributed by atoms with Crippen LogP contribution in [0.1, 0.15) is 24.1 Å². The summed E-state index contributed by atoms with van der Waals surface area (Å²) in [6, 6.07) is 11.9. The summed E-state index contributed by atoms with van der Waals surface area (Å²) in [5.74, 6) is -0.423. The number of halogens is 1. The normalized spacial score (nSPS) is 14.2. The first-order valence-corrected chi connectivity index (χ1v) is 9.41. The van der Waals surface area contributed by atoms with Gasteiger partial charge in [0, 0.05) is 43.9 Å². The van der Waals surface area contributed by atoms with E-state index in [2.05, 4.69) is 15.6 Å². The minimum atomic E-state index is -0.422. The van der Waals surface area contributed by atoms with Crippen LogP contribution in [0, 0.1) is 5.82 Å². The van der Waals surface area contributed by atoms with Crippen LogP contribution in [0.25, 0.3) is 0 Å². The number of hydrogen-bond donors (Lipinski definition) is 2. The highest BCUT2D eigenvalue weighted by Gasteiger charge is 2.46. The van der Waals surface area contributed by atoms with Crippen molar-refractivity contribution in [3.05, 3.63) is 65.7 Å². The lowest BCUT2D eigenvalue weighted by Gasteiger charge is -2.19. The summed E-state index contributed by atoms with van der Waals surface area (Å²) in [6.45, 7) is 0.788. The lowest BCUT2D eigenvalue weighted by Crippen LogP contribution is -2.45. The van der Waals surface area contributed by atoms with Crippen LogP contribution in [0.3, 0.4) is 0 Å². The predicted octanol–water partition coefficient (Wildman–Crippen LogP) is 2.25. The minimum absolute atomic E-state index is 0.0861. The Hall–Kier alpha value is -2.96. The summed E-state index contributed by atoms with van der Waals surface area (Å²) >= 11 is 0. The van der Waals surface area contributed by atoms with Crippen LogP contribution in [0.2, 0.25) is 0 Å². The minimum Gasteiger partial charge on any atom is -0.344 e. The Bertz CT molecular complexity index is 824. The highest BCUT2D eigenvalue weighted by atomic mass is 19.1. The van der Waals surface area contributed by atoms with Crippen molar-refractivity contribution in [3.63, 3.8) is 0 Å². The Morgan fingerprint density at radius 3 is 2.57 bits per heavy atom. The molecule has 0 atom stereocenters. The van der Waals surface area contributed by atoms with Gasteiger partial charge in [0.15, 0.2) is 0 Å². The summed E-state index contributed by atoms with van der Waals surface area (Å²) in [5.41, 5.74) is 1.22. The predicted molar refractivity (Wildman–Crippen MR) is 104 cm³/mol. The Labute approximate surface area is 164 Å². The van der Waals surface area contributed by atoms with Gasteiger partial charge in [-0.3, -0.25) is 9.78 Å². The van der Waals surface area contributed by atoms with Crippen LogP contribution in [0.4, 0.5) is 9.18 Å². The largest absolute Gasteiger partial charge is 0.344 e. The number of hydrogen-bond acceptors (Lipinski definition) is 3. The van der Waals surface area contributed by atoms with Crippen molar-refractivity contribution in [2.24, 2.45) is 0 Å². The van der Waals surface area contributed by atoms with Gasteiger partial charge in [-0.15, -0.1) is 0 Å². The molecule has 1 aromatic heterocycles. The number of likely N-dealkylation sites (N-methyl/N-ethyl adjacent to an activating group) is 1. The van der Waals surface area contributed by atoms with Crippen LogP contribution in [0.15, 0.2) is 48.7 Å². The Kier molecular flexibility index (Phi) is 6.23. The van der Waals surface area contributed by atoms with E-state index in [0.29, 0.717) is 25.1 Å². The van der Waals surface area contributed by atoms with E-state index >= 15 is 0 Å². The molecule has 0 bridgehead atoms. The Morgan fingerprint density at radius 2 is 1.89 bits per heavy atom. The fraction of sp³-hybridized carbons (Fsp3) is 0.381. The molecular formula is C21H25FN4O2. The fourth-order valence-electron chi connectivity index (χ4n) is 3.14. The van der Waals surface area contributed by atoms with Gasteiger partial charge in [-0.05, 0) is 36.6 Å². The number of nitrogens with one attached hydrogen (secondary N) is 2. The van der Waals surface area contributed by atoms with Crippen LogP contribution >= 0.6 is 0 Å². The summed E-state index contributed by atoms with van der Waals surface area (Å²) in [4.78, 5) is 30.0. The van der Waals surface area contributed by atoms with Crippen molar-refractivity contribution in [2.45, 2.75) is 24.7 Å². The fourth-order valence-corrected chi connectivity index (χ4v) is 3.14. The third-order valence-corrected chi connectivity index (χ3v) is 5.14. The molecule has 1 aliphatic carbocycles. The van der Waals surface area contributed by atoms with Gasteiger partial charge in [0.25, 0.3) is 0 Å². The van der Waals surface area contributed by atoms with Gasteiger partial charge in [0.05, 0.1) is 6.54 Å². The quantitative estimate of drug-likeness (QED) is 0.733. The molecule has 0 radical (unpaired) electrons. The number of amides is 3. The average molecular weight is 384 g/mol. The molecule has 1 aromatic carbocycles. The monoisotopic (exact) mass is 384 g/mol. The molecule has 6 nitrogen and oxygen atoms in total. The molecule has 0 saturated heterocycles. The smallest absolute Gasteiger partial charge is 0.315 e. The van der Waals surface area contributed by atoms with Crippen molar-refractivity contribution in [1.29, 1.82) is 0 Å². The van der Waals surface area contributed by atoms with Crippen molar-refractivity contribution in [1.82, 2.24) is 20.5 Å². The molecule has 0 unspecified atom stereocenters. The zero-order valence-electron chi connectivity index (χ0n) is 16.0. The van der Waals surface area contributed by atoms with Crippen molar-refractivity contribution < 1.29 is 14.0 Å². The molecular weight excluding hydrogens is 359 g/mol. The second-order valence-corrected chi connectivity index (χ2v) is 7.18. The standard InChI is InChI=1S/C21H25FN4O2/c1-26(13-9-16-6-4-5-12-23-16)19(27)14-24-20(28)25-15-21(10-11-21)17-7-2-3-8-18(17)22/h2-8,12H,9-11,13-15H2,1H3,(H2,24,25,28). The first-order valence-electron chi connectivity index (χ1n) is 9.41. The number of urea groups is 1. The number of pyridine rings is 1. The topological polar surface area (TPSA) is 74.3 Å². The molecule has 148 valence electrons. The molecule has 0 spiro atoms. The Balaban J connectivity index is 1.39. The van der Waals surface area contributed by atoms with Crippen molar-refractivity contribution >= 4 is 11.9 Å². The van der Waals surface area contributed by atoms with Crippen LogP contribution in [-0.2, 0) is 16.6 Å². The van der Waals surface area contributed by atoms with Gasteiger partial charge < -0.3 is 15.5 Å². The third-order valence-electron chi connectivity index (χ3n) is 5.14. The van der Waals surface area contributed by atoms with E-state index in [1.807, 2.05) is 18.2 Å². The number of rotatable bonds is 8. The maximum Gasteiger partial charge on any atom is 0.315 e. The summed E-state index contributed by atoms with van der Waals surface area (Å²) in [7, 11) is 1.70. The zero-order chi connectivity index (χ0) is 20.0. The molecule has 2 N–H and O–H groups in total. The summed E-state index contributed by atoms with van der Waals surface area (Å²) in [6.07, 6.45) is 4.05. The average Bonchev–Trinajstić information content (AvgIpc) is 3.50. The van der Waals surface area contributed by atoms with Gasteiger partial charge in [-0.2, -0.15) is 0 Å². The van der Waals surface area contributed by atoms with Gasteiger partial charge in [0.1, 0.15) is 5.82 Å². The SMILES string of the molecule is CN(CCc1ccccn1)C(=O)CNC(=O)NCC1(c2ccccc2F)CC1. The second kappa shape index (κ2) is 8.82. The van der Waals surface area contributed by atoms with E-state index in [1.54, 1.807) is 36.3 Å². The second-order valence-electron chi connectivity index (χ2n) is 7.18. The Morgan fingerprint density at radius 1 is 1.14 bits per heavy atom. The number of benzene rings is 1. The van der Waals surface area contributed by atoms with E-state index in [0.717, 1.165) is 18.5 Å². The lowest BCUT2D eigenvalue weighted by atomic mass is 9.95. The molecule has 1 aliphatic rings. The van der Waals surface area contributed by atoms with Gasteiger partial charge in [-0.1, -0.05) is 24.3 Å². The van der Waals surface area contributed by atoms with Crippen molar-refractivity contribution in [3.8, 4) is 0 Å². The number of aromatic nitrogens is 1. The van der Waals surface area contributed by atoms with Gasteiger partial charge in [0.2, 0.25) is 5.91 Å². The maximum absolute atomic E-state index is 14.0. The molecule has 1 heterocycles. The van der Waals surface area contributed by atoms with E-state index < -0.39 is 6.03 Å². The molecule has 2 aromatic rings. The highest BCUT2D eigenvalue weighted by molar-refractivity contribution is 5.83. The summed E-state index contributed by atoms with van der Waals surface area (Å²) in [5, 5.41) is 5.34. The molecule has 1 fully saturated rings. The highest BCUT2D eigenvalue weighted by Crippen LogP contribution is 2.48. The molecule has 0 aliphatic heterocycles. The van der Waals surface area contributed by atoms with Crippen LogP contribution in [-0.4, -0.2) is 48.5 Å². The van der Waals surface area contributed by atoms with E-state index in [-0.39, 0.29) is 23.7 Å².